The van der Waals surface area contributed by atoms with Gasteiger partial charge in [0.05, 0.1) is 12.0 Å². The van der Waals surface area contributed by atoms with Crippen molar-refractivity contribution in [2.24, 2.45) is 5.84 Å². The van der Waals surface area contributed by atoms with Gasteiger partial charge in [0, 0.05) is 17.1 Å². The molecule has 0 bridgehead atoms. The zero-order valence-corrected chi connectivity index (χ0v) is 9.25. The number of aromatic nitrogens is 2. The van der Waals surface area contributed by atoms with Gasteiger partial charge in [-0.3, -0.25) is 0 Å². The lowest BCUT2D eigenvalue weighted by atomic mass is 10.2. The second-order valence-corrected chi connectivity index (χ2v) is 4.42. The number of anilines is 1. The summed E-state index contributed by atoms with van der Waals surface area (Å²) in [6, 6.07) is 3.65. The minimum Gasteiger partial charge on any atom is -0.461 e. The van der Waals surface area contributed by atoms with E-state index >= 15 is 0 Å². The highest BCUT2D eigenvalue weighted by atomic mass is 32.2. The molecule has 0 saturated carbocycles. The van der Waals surface area contributed by atoms with Gasteiger partial charge in [0.1, 0.15) is 5.82 Å². The molecule has 0 unspecified atom stereocenters. The molecular formula is C10H10N4OS. The van der Waals surface area contributed by atoms with E-state index in [0.717, 1.165) is 22.8 Å². The molecule has 3 rings (SSSR count). The Morgan fingerprint density at radius 2 is 2.31 bits per heavy atom. The Balaban J connectivity index is 2.15. The molecule has 3 N–H and O–H groups in total. The van der Waals surface area contributed by atoms with E-state index in [9.17, 15) is 0 Å². The van der Waals surface area contributed by atoms with E-state index in [1.54, 1.807) is 6.26 Å². The topological polar surface area (TPSA) is 77.0 Å². The first-order valence-corrected chi connectivity index (χ1v) is 6.02. The summed E-state index contributed by atoms with van der Waals surface area (Å²) in [6.45, 7) is 0. The lowest BCUT2D eigenvalue weighted by Gasteiger charge is -2.07. The molecule has 16 heavy (non-hydrogen) atoms. The van der Waals surface area contributed by atoms with Crippen molar-refractivity contribution in [3.05, 3.63) is 29.7 Å². The maximum Gasteiger partial charge on any atom is 0.197 e. The molecule has 0 amide bonds. The first kappa shape index (κ1) is 9.68. The number of hydrogen-bond acceptors (Lipinski definition) is 6. The van der Waals surface area contributed by atoms with Gasteiger partial charge in [0.2, 0.25) is 0 Å². The normalized spacial score (nSPS) is 13.8. The lowest BCUT2D eigenvalue weighted by Crippen LogP contribution is -2.12. The number of thioether (sulfide) groups is 1. The van der Waals surface area contributed by atoms with E-state index in [-0.39, 0.29) is 0 Å². The quantitative estimate of drug-likeness (QED) is 0.609. The van der Waals surface area contributed by atoms with Crippen LogP contribution in [0, 0.1) is 0 Å². The molecule has 5 nitrogen and oxygen atoms in total. The summed E-state index contributed by atoms with van der Waals surface area (Å²) >= 11 is 1.81. The van der Waals surface area contributed by atoms with Gasteiger partial charge in [-0.05, 0) is 12.1 Å². The van der Waals surface area contributed by atoms with Crippen LogP contribution < -0.4 is 11.3 Å². The second-order valence-electron chi connectivity index (χ2n) is 3.44. The molecule has 0 saturated heterocycles. The van der Waals surface area contributed by atoms with Crippen LogP contribution in [0.3, 0.4) is 0 Å². The van der Waals surface area contributed by atoms with E-state index in [0.29, 0.717) is 17.4 Å². The molecular weight excluding hydrogens is 224 g/mol. The van der Waals surface area contributed by atoms with E-state index in [1.807, 2.05) is 23.9 Å². The maximum absolute atomic E-state index is 5.47. The van der Waals surface area contributed by atoms with Gasteiger partial charge in [-0.25, -0.2) is 15.8 Å². The maximum atomic E-state index is 5.47. The lowest BCUT2D eigenvalue weighted by molar-refractivity contribution is 0.577. The summed E-state index contributed by atoms with van der Waals surface area (Å²) in [6.07, 6.45) is 1.61. The zero-order valence-electron chi connectivity index (χ0n) is 8.43. The standard InChI is InChI=1S/C10H10N4OS/c11-14-9-6-4-16-5-7(6)12-10(13-9)8-2-1-3-15-8/h1-3H,4-5,11H2,(H,12,13,14). The number of nitrogens with zero attached hydrogens (tertiary/aromatic N) is 2. The van der Waals surface area contributed by atoms with Gasteiger partial charge in [-0.15, -0.1) is 0 Å². The predicted octanol–water partition coefficient (Wildman–Crippen LogP) is 1.77. The highest BCUT2D eigenvalue weighted by Crippen LogP contribution is 2.33. The van der Waals surface area contributed by atoms with Gasteiger partial charge in [0.15, 0.2) is 11.6 Å². The third-order valence-corrected chi connectivity index (χ3v) is 3.43. The Kier molecular flexibility index (Phi) is 2.30. The van der Waals surface area contributed by atoms with Gasteiger partial charge >= 0.3 is 0 Å². The second kappa shape index (κ2) is 3.80. The molecule has 0 atom stereocenters. The SMILES string of the molecule is NNc1nc(-c2ccco2)nc2c1CSC2. The average Bonchev–Trinajstić information content (AvgIpc) is 2.97. The molecule has 0 aromatic carbocycles. The number of fused-ring (bicyclic) bond motifs is 1. The number of rotatable bonds is 2. The number of nitrogens with two attached hydrogens (primary N) is 1. The van der Waals surface area contributed by atoms with Crippen LogP contribution in [0.25, 0.3) is 11.6 Å². The van der Waals surface area contributed by atoms with Gasteiger partial charge < -0.3 is 9.84 Å². The molecule has 2 aromatic heterocycles. The third kappa shape index (κ3) is 1.46. The van der Waals surface area contributed by atoms with Crippen LogP contribution in [-0.2, 0) is 11.5 Å². The van der Waals surface area contributed by atoms with Gasteiger partial charge in [-0.1, -0.05) is 0 Å². The van der Waals surface area contributed by atoms with E-state index in [1.165, 1.54) is 0 Å². The predicted molar refractivity (Wildman–Crippen MR) is 62.5 cm³/mol. The van der Waals surface area contributed by atoms with Crippen molar-refractivity contribution >= 4 is 17.6 Å². The number of nitrogen functional groups attached to an aromatic ring is 1. The van der Waals surface area contributed by atoms with Crippen LogP contribution >= 0.6 is 11.8 Å². The summed E-state index contributed by atoms with van der Waals surface area (Å²) in [5.41, 5.74) is 4.76. The molecule has 0 aliphatic carbocycles. The zero-order chi connectivity index (χ0) is 11.0. The fourth-order valence-electron chi connectivity index (χ4n) is 1.69. The molecule has 3 heterocycles. The van der Waals surface area contributed by atoms with Crippen molar-refractivity contribution < 1.29 is 4.42 Å². The smallest absolute Gasteiger partial charge is 0.197 e. The summed E-state index contributed by atoms with van der Waals surface area (Å²) < 4.78 is 5.28. The first-order valence-electron chi connectivity index (χ1n) is 4.86. The number of furan rings is 1. The van der Waals surface area contributed by atoms with Gasteiger partial charge in [-0.2, -0.15) is 11.8 Å². The van der Waals surface area contributed by atoms with Crippen molar-refractivity contribution in [2.45, 2.75) is 11.5 Å². The Morgan fingerprint density at radius 3 is 3.06 bits per heavy atom. The van der Waals surface area contributed by atoms with Crippen molar-refractivity contribution in [3.8, 4) is 11.6 Å². The van der Waals surface area contributed by atoms with Crippen LogP contribution in [0.1, 0.15) is 11.3 Å². The van der Waals surface area contributed by atoms with Crippen LogP contribution in [0.15, 0.2) is 22.8 Å². The molecule has 6 heteroatoms. The van der Waals surface area contributed by atoms with Gasteiger partial charge in [0.25, 0.3) is 0 Å². The Morgan fingerprint density at radius 1 is 1.38 bits per heavy atom. The Bertz CT molecular complexity index is 512. The summed E-state index contributed by atoms with van der Waals surface area (Å²) in [5, 5.41) is 0. The fourth-order valence-corrected chi connectivity index (χ4v) is 2.73. The molecule has 0 spiro atoms. The summed E-state index contributed by atoms with van der Waals surface area (Å²) in [5.74, 6) is 9.22. The Hall–Kier alpha value is -1.53. The highest BCUT2D eigenvalue weighted by molar-refractivity contribution is 7.98. The molecule has 82 valence electrons. The molecule has 1 aliphatic heterocycles. The number of hydrazine groups is 1. The van der Waals surface area contributed by atoms with Crippen molar-refractivity contribution in [3.63, 3.8) is 0 Å². The molecule has 1 aliphatic rings. The monoisotopic (exact) mass is 234 g/mol. The van der Waals surface area contributed by atoms with Crippen LogP contribution in [0.4, 0.5) is 5.82 Å². The van der Waals surface area contributed by atoms with Crippen LogP contribution in [0.5, 0.6) is 0 Å². The van der Waals surface area contributed by atoms with Crippen LogP contribution in [-0.4, -0.2) is 9.97 Å². The average molecular weight is 234 g/mol. The number of hydrogen-bond donors (Lipinski definition) is 2. The van der Waals surface area contributed by atoms with Crippen molar-refractivity contribution in [2.75, 3.05) is 5.43 Å². The largest absolute Gasteiger partial charge is 0.461 e. The minimum atomic E-state index is 0.583. The van der Waals surface area contributed by atoms with E-state index in [4.69, 9.17) is 10.3 Å². The molecule has 2 aromatic rings. The summed E-state index contributed by atoms with van der Waals surface area (Å²) in [7, 11) is 0. The van der Waals surface area contributed by atoms with Crippen LogP contribution in [0.2, 0.25) is 0 Å². The van der Waals surface area contributed by atoms with E-state index < -0.39 is 0 Å². The highest BCUT2D eigenvalue weighted by Gasteiger charge is 2.20. The van der Waals surface area contributed by atoms with E-state index in [2.05, 4.69) is 15.4 Å². The fraction of sp³-hybridized carbons (Fsp3) is 0.200. The first-order chi connectivity index (χ1) is 7.88. The Labute approximate surface area is 96.4 Å². The van der Waals surface area contributed by atoms with Crippen molar-refractivity contribution in [1.29, 1.82) is 0 Å². The molecule has 0 radical (unpaired) electrons. The number of nitrogens with one attached hydrogen (secondary N) is 1. The summed E-state index contributed by atoms with van der Waals surface area (Å²) in [4.78, 5) is 8.83. The van der Waals surface area contributed by atoms with Crippen molar-refractivity contribution in [1.82, 2.24) is 9.97 Å². The third-order valence-electron chi connectivity index (χ3n) is 2.46. The molecule has 0 fully saturated rings. The minimum absolute atomic E-state index is 0.583.